The van der Waals surface area contributed by atoms with Gasteiger partial charge in [-0.25, -0.2) is 0 Å². The minimum Gasteiger partial charge on any atom is -0.464 e. The zero-order valence-electron chi connectivity index (χ0n) is 83.1. The molecule has 124 heavy (non-hydrogen) atoms. The highest BCUT2D eigenvalue weighted by atomic mass is 35.5. The van der Waals surface area contributed by atoms with Crippen LogP contribution >= 0.6 is 22.9 Å². The molecule has 0 aliphatic carbocycles. The van der Waals surface area contributed by atoms with Crippen molar-refractivity contribution in [2.75, 3.05) is 0 Å². The first kappa shape index (κ1) is 117. The maximum atomic E-state index is 12.8. The van der Waals surface area contributed by atoms with E-state index in [0.717, 1.165) is 41.6 Å². The van der Waals surface area contributed by atoms with Crippen LogP contribution in [0.15, 0.2) is 275 Å². The Labute approximate surface area is 762 Å². The normalized spacial score (nSPS) is 12.5. The molecule has 0 aliphatic heterocycles. The van der Waals surface area contributed by atoms with E-state index in [0.29, 0.717) is 34.7 Å². The van der Waals surface area contributed by atoms with E-state index in [1.54, 1.807) is 31.4 Å². The van der Waals surface area contributed by atoms with Crippen molar-refractivity contribution in [2.45, 2.75) is 331 Å². The van der Waals surface area contributed by atoms with Crippen molar-refractivity contribution in [3.05, 3.63) is 311 Å². The summed E-state index contributed by atoms with van der Waals surface area (Å²) in [4.78, 5) is 3.30. The Morgan fingerprint density at radius 2 is 0.798 bits per heavy atom. The smallest absolute Gasteiger partial charge is 0.398 e. The molecule has 7 atom stereocenters. The summed E-state index contributed by atoms with van der Waals surface area (Å²) in [7, 11) is 0. The van der Waals surface area contributed by atoms with Crippen molar-refractivity contribution in [2.24, 2.45) is 0 Å². The fourth-order valence-electron chi connectivity index (χ4n) is 12.5. The highest BCUT2D eigenvalue weighted by Gasteiger charge is 2.50. The predicted molar refractivity (Wildman–Crippen MR) is 553 cm³/mol. The standard InChI is InChI=1S/C16H17N.C16H16O.C12H14O.C12H14S.C11H13F3.C11H13N.C11H16.C10H13Cl.8C2H6/c1-3-11(2)12-8-6-10-15-16(12)13-7-4-5-9-14(13)17-15;1-3-11(2)12-8-9-14-13-6-4-5-7-15(13)17-16(14)10-12;1-3-9(2)11-5-4-10-6-7-13-12(10)8-11;1-3-9(2)10-4-5-12-11(8-10)6-7-13-12;1-3-10(2,11(12,13)14)9-7-5-4-6-8-9;1-3-11(2,9-12)10-7-5-4-6-8-10;1-4-11(2,3)10-8-6-5-7-9-10;1-3-10(2,11)9-7-5-4-6-8-9;8*1-2/h4-11,17H,3H2,1-2H3;4-11H,3H2,1-2H3;2*4-9H,3H2,1-2H3;4-8H,3H2,1-2H3;4-8H,3H2,1-2H3;5-9H,4H2,1-3H3;4-8H,3H2,1-2H3;8*1-2H3. The highest BCUT2D eigenvalue weighted by molar-refractivity contribution is 7.17. The third-order valence-corrected chi connectivity index (χ3v) is 23.6. The van der Waals surface area contributed by atoms with Gasteiger partial charge in [-0.05, 0) is 205 Å². The topological polar surface area (TPSA) is 65.9 Å². The van der Waals surface area contributed by atoms with Crippen LogP contribution in [0.4, 0.5) is 13.2 Å². The van der Waals surface area contributed by atoms with E-state index in [2.05, 4.69) is 257 Å². The monoisotopic (exact) mass is 1730 g/mol. The van der Waals surface area contributed by atoms with Crippen molar-refractivity contribution in [3.63, 3.8) is 0 Å². The lowest BCUT2D eigenvalue weighted by atomic mass is 9.79. The van der Waals surface area contributed by atoms with Gasteiger partial charge in [0.1, 0.15) is 16.7 Å². The summed E-state index contributed by atoms with van der Waals surface area (Å²) in [5.41, 5.74) is 13.5. The number of H-pyrrole nitrogens is 1. The third-order valence-electron chi connectivity index (χ3n) is 22.2. The Bertz CT molecular complexity index is 4860. The lowest BCUT2D eigenvalue weighted by Crippen LogP contribution is -2.38. The molecule has 4 aromatic heterocycles. The quantitative estimate of drug-likeness (QED) is 0.0981. The molecule has 14 rings (SSSR count). The number of furan rings is 2. The summed E-state index contributed by atoms with van der Waals surface area (Å²) in [6.07, 6.45) is 5.34. The van der Waals surface area contributed by atoms with Crippen LogP contribution in [0.1, 0.15) is 348 Å². The highest BCUT2D eigenvalue weighted by Crippen LogP contribution is 2.44. The molecule has 9 heteroatoms. The second kappa shape index (κ2) is 64.6. The summed E-state index contributed by atoms with van der Waals surface area (Å²) in [6.45, 7) is 67.7. The molecule has 0 radical (unpaired) electrons. The Morgan fingerprint density at radius 3 is 1.27 bits per heavy atom. The summed E-state index contributed by atoms with van der Waals surface area (Å²) in [5.74, 6) is 2.50. The third kappa shape index (κ3) is 36.1. The Morgan fingerprint density at radius 1 is 0.379 bits per heavy atom. The maximum absolute atomic E-state index is 12.8. The van der Waals surface area contributed by atoms with Gasteiger partial charge >= 0.3 is 6.18 Å². The molecule has 10 aromatic carbocycles. The van der Waals surface area contributed by atoms with Gasteiger partial charge in [0.05, 0.1) is 28.0 Å². The molecule has 0 spiro atoms. The van der Waals surface area contributed by atoms with Gasteiger partial charge in [0.15, 0.2) is 0 Å². The average Bonchev–Trinajstić information content (AvgIpc) is 1.45. The van der Waals surface area contributed by atoms with Gasteiger partial charge < -0.3 is 13.8 Å². The number of rotatable bonds is 16. The van der Waals surface area contributed by atoms with Gasteiger partial charge in [-0.2, -0.15) is 18.4 Å². The molecule has 0 aliphatic rings. The number of hydrogen-bond acceptors (Lipinski definition) is 4. The molecular formula is C115H164ClF3N2O2S. The lowest BCUT2D eigenvalue weighted by molar-refractivity contribution is -0.186. The average molecular weight is 1730 g/mol. The number of alkyl halides is 4. The minimum absolute atomic E-state index is 0.0561. The molecule has 4 heterocycles. The molecule has 0 amide bonds. The number of fused-ring (bicyclic) bond motifs is 8. The summed E-state index contributed by atoms with van der Waals surface area (Å²) < 4.78 is 51.0. The number of thiophene rings is 1. The summed E-state index contributed by atoms with van der Waals surface area (Å²) in [5, 5.41) is 18.9. The van der Waals surface area contributed by atoms with E-state index in [-0.39, 0.29) is 16.7 Å². The number of aromatic nitrogens is 1. The van der Waals surface area contributed by atoms with E-state index in [1.807, 2.05) is 210 Å². The van der Waals surface area contributed by atoms with E-state index < -0.39 is 11.6 Å². The molecule has 7 unspecified atom stereocenters. The van der Waals surface area contributed by atoms with Crippen LogP contribution in [-0.4, -0.2) is 11.2 Å². The van der Waals surface area contributed by atoms with Gasteiger partial charge in [-0.15, -0.1) is 22.9 Å². The molecule has 0 saturated carbocycles. The lowest BCUT2D eigenvalue weighted by Gasteiger charge is -2.31. The van der Waals surface area contributed by atoms with E-state index in [1.165, 1.54) is 126 Å². The van der Waals surface area contributed by atoms with Crippen LogP contribution in [0.25, 0.3) is 64.8 Å². The fourth-order valence-corrected chi connectivity index (χ4v) is 13.4. The predicted octanol–water partition coefficient (Wildman–Crippen LogP) is 40.2. The zero-order valence-corrected chi connectivity index (χ0v) is 84.6. The fraction of sp³-hybridized carbons (Fsp3) is 0.435. The van der Waals surface area contributed by atoms with Crippen molar-refractivity contribution in [1.82, 2.24) is 4.98 Å². The van der Waals surface area contributed by atoms with Crippen LogP contribution in [-0.2, 0) is 21.1 Å². The largest absolute Gasteiger partial charge is 0.464 e. The maximum Gasteiger partial charge on any atom is 0.398 e. The summed E-state index contributed by atoms with van der Waals surface area (Å²) in [6, 6.07) is 88.6. The van der Waals surface area contributed by atoms with Crippen LogP contribution in [0.2, 0.25) is 0 Å². The van der Waals surface area contributed by atoms with E-state index >= 15 is 0 Å². The van der Waals surface area contributed by atoms with Crippen LogP contribution in [0.5, 0.6) is 0 Å². The zero-order chi connectivity index (χ0) is 94.7. The number of halogens is 4. The molecule has 14 aromatic rings. The van der Waals surface area contributed by atoms with Crippen molar-refractivity contribution >= 4 is 87.7 Å². The van der Waals surface area contributed by atoms with Gasteiger partial charge in [-0.1, -0.05) is 414 Å². The molecule has 0 saturated heterocycles. The Balaban J connectivity index is 0. The molecule has 0 fully saturated rings. The SMILES string of the molecule is CC.CC.CC.CC.CC.CC.CC.CC.CCC(C)(C#N)c1ccccc1.CCC(C)(C)c1ccccc1.CCC(C)(Cl)c1ccccc1.CCC(C)(c1ccccc1)C(F)(F)F.CCC(C)c1ccc2c(c1)oc1ccccc12.CCC(C)c1ccc2ccoc2c1.CCC(C)c1ccc2sccc2c1.CCC(C)c1cccc2[nH]c3ccccc3c12. The van der Waals surface area contributed by atoms with Crippen molar-refractivity contribution in [3.8, 4) is 6.07 Å². The first-order valence-electron chi connectivity index (χ1n) is 46.9. The molecule has 0 bridgehead atoms. The molecule has 680 valence electrons. The van der Waals surface area contributed by atoms with Crippen molar-refractivity contribution < 1.29 is 22.0 Å². The van der Waals surface area contributed by atoms with Gasteiger partial charge in [-0.3, -0.25) is 0 Å². The van der Waals surface area contributed by atoms with E-state index in [4.69, 9.17) is 25.7 Å². The van der Waals surface area contributed by atoms with Crippen LogP contribution in [0, 0.1) is 11.3 Å². The van der Waals surface area contributed by atoms with E-state index in [9.17, 15) is 13.2 Å². The van der Waals surface area contributed by atoms with Crippen molar-refractivity contribution in [1.29, 1.82) is 5.26 Å². The molecular weight excluding hydrogens is 1570 g/mol. The van der Waals surface area contributed by atoms with Gasteiger partial charge in [0.25, 0.3) is 0 Å². The Kier molecular flexibility index (Phi) is 60.9. The molecule has 4 nitrogen and oxygen atoms in total. The number of nitriles is 1. The second-order valence-electron chi connectivity index (χ2n) is 29.7. The molecule has 1 N–H and O–H groups in total. The minimum atomic E-state index is -4.19. The first-order valence-corrected chi connectivity index (χ1v) is 48.2. The number of nitrogens with one attached hydrogen (secondary N) is 1. The van der Waals surface area contributed by atoms with Crippen LogP contribution in [0.3, 0.4) is 0 Å². The van der Waals surface area contributed by atoms with Crippen LogP contribution < -0.4 is 0 Å². The van der Waals surface area contributed by atoms with Gasteiger partial charge in [0.2, 0.25) is 0 Å². The number of hydrogen-bond donors (Lipinski definition) is 1. The Hall–Kier alpha value is -9.13. The first-order chi connectivity index (χ1) is 59.7. The number of nitrogens with zero attached hydrogens (tertiary/aromatic N) is 1. The summed E-state index contributed by atoms with van der Waals surface area (Å²) >= 11 is 8.06. The number of aromatic amines is 1. The number of benzene rings is 10. The number of para-hydroxylation sites is 2. The van der Waals surface area contributed by atoms with Gasteiger partial charge in [0, 0.05) is 42.7 Å². The second-order valence-corrected chi connectivity index (χ2v) is 31.5.